The molecule has 19 heavy (non-hydrogen) atoms. The predicted octanol–water partition coefficient (Wildman–Crippen LogP) is 3.10. The number of phenolic OH excluding ortho intramolecular Hbond substituents is 1. The van der Waals surface area contributed by atoms with Crippen molar-refractivity contribution in [2.45, 2.75) is 44.4 Å². The Bertz CT molecular complexity index is 461. The second-order valence-electron chi connectivity index (χ2n) is 5.03. The molecule has 4 heteroatoms. The van der Waals surface area contributed by atoms with E-state index in [1.54, 1.807) is 12.1 Å². The van der Waals surface area contributed by atoms with Gasteiger partial charge in [0.2, 0.25) is 0 Å². The Balaban J connectivity index is 2.04. The van der Waals surface area contributed by atoms with Gasteiger partial charge in [-0.3, -0.25) is 4.79 Å². The van der Waals surface area contributed by atoms with Gasteiger partial charge in [0.25, 0.3) is 5.91 Å². The van der Waals surface area contributed by atoms with E-state index in [1.807, 2.05) is 24.8 Å². The third-order valence-corrected chi connectivity index (χ3v) is 4.87. The Hall–Kier alpha value is -1.16. The number of aryl methyl sites for hydroxylation is 1. The molecule has 3 nitrogen and oxygen atoms in total. The minimum atomic E-state index is -0.161. The van der Waals surface area contributed by atoms with Crippen molar-refractivity contribution in [3.05, 3.63) is 29.3 Å². The summed E-state index contributed by atoms with van der Waals surface area (Å²) in [5, 5.41) is 13.4. The number of carbonyl (C=O) groups is 1. The van der Waals surface area contributed by atoms with Crippen LogP contribution in [0.1, 0.15) is 42.1 Å². The lowest BCUT2D eigenvalue weighted by Gasteiger charge is -2.20. The van der Waals surface area contributed by atoms with E-state index >= 15 is 0 Å². The topological polar surface area (TPSA) is 49.3 Å². The molecule has 1 aliphatic carbocycles. The van der Waals surface area contributed by atoms with Gasteiger partial charge >= 0.3 is 0 Å². The summed E-state index contributed by atoms with van der Waals surface area (Å²) < 4.78 is 0. The smallest absolute Gasteiger partial charge is 0.255 e. The molecule has 1 fully saturated rings. The van der Waals surface area contributed by atoms with Crippen molar-refractivity contribution >= 4 is 17.7 Å². The van der Waals surface area contributed by atoms with E-state index < -0.39 is 0 Å². The van der Waals surface area contributed by atoms with Gasteiger partial charge in [0.1, 0.15) is 5.75 Å². The van der Waals surface area contributed by atoms with Crippen LogP contribution in [0.5, 0.6) is 5.75 Å². The molecule has 0 saturated heterocycles. The van der Waals surface area contributed by atoms with Crippen LogP contribution in [0.2, 0.25) is 0 Å². The minimum absolute atomic E-state index is 0.0650. The van der Waals surface area contributed by atoms with E-state index in [4.69, 9.17) is 0 Å². The largest absolute Gasteiger partial charge is 0.507 e. The van der Waals surface area contributed by atoms with E-state index in [9.17, 15) is 9.90 Å². The van der Waals surface area contributed by atoms with Gasteiger partial charge in [0.15, 0.2) is 0 Å². The molecule has 104 valence electrons. The highest BCUT2D eigenvalue weighted by Gasteiger charge is 2.29. The number of hydrogen-bond acceptors (Lipinski definition) is 3. The van der Waals surface area contributed by atoms with Crippen molar-refractivity contribution < 1.29 is 9.90 Å². The summed E-state index contributed by atoms with van der Waals surface area (Å²) >= 11 is 1.91. The standard InChI is InChI=1S/C15H21NO2S/c1-3-19-14-6-4-5-12(14)16-15(18)11-8-7-10(2)9-13(11)17/h7-9,12,14,17H,3-6H2,1-2H3,(H,16,18). The Morgan fingerprint density at radius 1 is 1.47 bits per heavy atom. The molecule has 2 unspecified atom stereocenters. The highest BCUT2D eigenvalue weighted by atomic mass is 32.2. The van der Waals surface area contributed by atoms with Crippen molar-refractivity contribution in [2.24, 2.45) is 0 Å². The third-order valence-electron chi connectivity index (χ3n) is 3.55. The van der Waals surface area contributed by atoms with Crippen molar-refractivity contribution in [3.63, 3.8) is 0 Å². The maximum Gasteiger partial charge on any atom is 0.255 e. The van der Waals surface area contributed by atoms with Gasteiger partial charge in [-0.05, 0) is 43.2 Å². The number of phenols is 1. The first-order valence-electron chi connectivity index (χ1n) is 6.84. The summed E-state index contributed by atoms with van der Waals surface area (Å²) in [6.07, 6.45) is 3.38. The fourth-order valence-corrected chi connectivity index (χ4v) is 3.78. The molecule has 0 aromatic heterocycles. The van der Waals surface area contributed by atoms with E-state index in [0.717, 1.165) is 17.7 Å². The predicted molar refractivity (Wildman–Crippen MR) is 79.9 cm³/mol. The quantitative estimate of drug-likeness (QED) is 0.890. The average molecular weight is 279 g/mol. The Labute approximate surface area is 118 Å². The van der Waals surface area contributed by atoms with Gasteiger partial charge in [-0.25, -0.2) is 0 Å². The summed E-state index contributed by atoms with van der Waals surface area (Å²) in [6.45, 7) is 4.04. The number of rotatable bonds is 4. The van der Waals surface area contributed by atoms with Crippen molar-refractivity contribution in [1.82, 2.24) is 5.32 Å². The lowest BCUT2D eigenvalue weighted by Crippen LogP contribution is -2.38. The molecule has 0 bridgehead atoms. The molecular weight excluding hydrogens is 258 g/mol. The van der Waals surface area contributed by atoms with Crippen LogP contribution in [0.4, 0.5) is 0 Å². The van der Waals surface area contributed by atoms with Crippen LogP contribution < -0.4 is 5.32 Å². The SMILES string of the molecule is CCSC1CCCC1NC(=O)c1ccc(C)cc1O. The van der Waals surface area contributed by atoms with E-state index in [2.05, 4.69) is 12.2 Å². The van der Waals surface area contributed by atoms with E-state index in [-0.39, 0.29) is 17.7 Å². The van der Waals surface area contributed by atoms with Gasteiger partial charge in [-0.2, -0.15) is 11.8 Å². The monoisotopic (exact) mass is 279 g/mol. The molecule has 0 aliphatic heterocycles. The molecule has 2 rings (SSSR count). The Morgan fingerprint density at radius 3 is 2.95 bits per heavy atom. The first-order valence-corrected chi connectivity index (χ1v) is 7.88. The van der Waals surface area contributed by atoms with Gasteiger partial charge in [0, 0.05) is 11.3 Å². The number of benzene rings is 1. The van der Waals surface area contributed by atoms with Crippen LogP contribution >= 0.6 is 11.8 Å². The lowest BCUT2D eigenvalue weighted by molar-refractivity contribution is 0.0936. The highest BCUT2D eigenvalue weighted by Crippen LogP contribution is 2.30. The van der Waals surface area contributed by atoms with Crippen LogP contribution in [0.3, 0.4) is 0 Å². The molecule has 0 radical (unpaired) electrons. The normalized spacial score (nSPS) is 22.4. The Morgan fingerprint density at radius 2 is 2.26 bits per heavy atom. The molecule has 2 N–H and O–H groups in total. The summed E-state index contributed by atoms with van der Waals surface area (Å²) in [5.74, 6) is 0.980. The average Bonchev–Trinajstić information content (AvgIpc) is 2.77. The van der Waals surface area contributed by atoms with Crippen LogP contribution in [0.25, 0.3) is 0 Å². The van der Waals surface area contributed by atoms with Crippen LogP contribution in [0.15, 0.2) is 18.2 Å². The molecule has 2 atom stereocenters. The van der Waals surface area contributed by atoms with Crippen LogP contribution in [-0.4, -0.2) is 28.1 Å². The summed E-state index contributed by atoms with van der Waals surface area (Å²) in [7, 11) is 0. The molecule has 1 aromatic carbocycles. The molecule has 0 spiro atoms. The first kappa shape index (κ1) is 14.3. The maximum absolute atomic E-state index is 12.2. The molecule has 1 aliphatic rings. The summed E-state index contributed by atoms with van der Waals surface area (Å²) in [6, 6.07) is 5.40. The van der Waals surface area contributed by atoms with Crippen molar-refractivity contribution in [2.75, 3.05) is 5.75 Å². The maximum atomic E-state index is 12.2. The minimum Gasteiger partial charge on any atom is -0.507 e. The zero-order valence-electron chi connectivity index (χ0n) is 11.5. The lowest BCUT2D eigenvalue weighted by atomic mass is 10.1. The zero-order valence-corrected chi connectivity index (χ0v) is 12.3. The third kappa shape index (κ3) is 3.44. The fraction of sp³-hybridized carbons (Fsp3) is 0.533. The molecule has 1 saturated carbocycles. The van der Waals surface area contributed by atoms with E-state index in [0.29, 0.717) is 10.8 Å². The van der Waals surface area contributed by atoms with Crippen molar-refractivity contribution in [1.29, 1.82) is 0 Å². The van der Waals surface area contributed by atoms with Gasteiger partial charge < -0.3 is 10.4 Å². The zero-order chi connectivity index (χ0) is 13.8. The summed E-state index contributed by atoms with van der Waals surface area (Å²) in [5.41, 5.74) is 1.33. The van der Waals surface area contributed by atoms with Crippen molar-refractivity contribution in [3.8, 4) is 5.75 Å². The molecular formula is C15H21NO2S. The Kier molecular flexibility index (Phi) is 4.75. The number of nitrogens with one attached hydrogen (secondary N) is 1. The first-order chi connectivity index (χ1) is 9.11. The van der Waals surface area contributed by atoms with E-state index in [1.165, 1.54) is 12.8 Å². The molecule has 0 heterocycles. The number of thioether (sulfide) groups is 1. The van der Waals surface area contributed by atoms with Gasteiger partial charge in [-0.1, -0.05) is 19.4 Å². The van der Waals surface area contributed by atoms with Crippen LogP contribution in [-0.2, 0) is 0 Å². The second-order valence-corrected chi connectivity index (χ2v) is 6.54. The number of aromatic hydroxyl groups is 1. The number of hydrogen-bond donors (Lipinski definition) is 2. The number of carbonyl (C=O) groups excluding carboxylic acids is 1. The fourth-order valence-electron chi connectivity index (χ4n) is 2.58. The molecule has 1 amide bonds. The highest BCUT2D eigenvalue weighted by molar-refractivity contribution is 7.99. The van der Waals surface area contributed by atoms with Gasteiger partial charge in [-0.15, -0.1) is 0 Å². The second kappa shape index (κ2) is 6.33. The van der Waals surface area contributed by atoms with Gasteiger partial charge in [0.05, 0.1) is 5.56 Å². The summed E-state index contributed by atoms with van der Waals surface area (Å²) in [4.78, 5) is 12.2. The molecule has 1 aromatic rings. The number of amides is 1. The van der Waals surface area contributed by atoms with Crippen LogP contribution in [0, 0.1) is 6.92 Å².